The van der Waals surface area contributed by atoms with Gasteiger partial charge in [-0.2, -0.15) is 5.26 Å². The van der Waals surface area contributed by atoms with E-state index in [0.29, 0.717) is 11.3 Å². The third kappa shape index (κ3) is 3.84. The first-order chi connectivity index (χ1) is 10.1. The van der Waals surface area contributed by atoms with Crippen LogP contribution in [0, 0.1) is 11.3 Å². The van der Waals surface area contributed by atoms with Gasteiger partial charge in [-0.1, -0.05) is 11.6 Å². The average molecular weight is 305 g/mol. The summed E-state index contributed by atoms with van der Waals surface area (Å²) in [6, 6.07) is 7.79. The van der Waals surface area contributed by atoms with Gasteiger partial charge in [-0.05, 0) is 24.3 Å². The molecule has 0 fully saturated rings. The van der Waals surface area contributed by atoms with E-state index in [9.17, 15) is 9.59 Å². The van der Waals surface area contributed by atoms with E-state index in [1.807, 2.05) is 6.07 Å². The summed E-state index contributed by atoms with van der Waals surface area (Å²) in [7, 11) is 0. The second kappa shape index (κ2) is 6.59. The standard InChI is InChI=1S/C14H9ClN2O4/c15-12-5-11(2-1-9(12)6-16)17-13(18)8-21-14(19)10-3-4-20-7-10/h1-5,7H,8H2,(H,17,18). The monoisotopic (exact) mass is 304 g/mol. The lowest BCUT2D eigenvalue weighted by molar-refractivity contribution is -0.119. The van der Waals surface area contributed by atoms with Crippen molar-refractivity contribution in [2.75, 3.05) is 11.9 Å². The van der Waals surface area contributed by atoms with Gasteiger partial charge in [0.2, 0.25) is 0 Å². The number of hydrogen-bond donors (Lipinski definition) is 1. The summed E-state index contributed by atoms with van der Waals surface area (Å²) in [5.41, 5.74) is 0.939. The van der Waals surface area contributed by atoms with Crippen molar-refractivity contribution >= 4 is 29.2 Å². The zero-order chi connectivity index (χ0) is 15.2. The Bertz CT molecular complexity index is 704. The number of anilines is 1. The molecular formula is C14H9ClN2O4. The summed E-state index contributed by atoms with van der Waals surface area (Å²) in [5.74, 6) is -1.18. The van der Waals surface area contributed by atoms with E-state index in [2.05, 4.69) is 5.32 Å². The number of rotatable bonds is 4. The van der Waals surface area contributed by atoms with E-state index in [0.717, 1.165) is 0 Å². The molecule has 1 heterocycles. The zero-order valence-electron chi connectivity index (χ0n) is 10.6. The molecule has 6 nitrogen and oxygen atoms in total. The fraction of sp³-hybridized carbons (Fsp3) is 0.0714. The highest BCUT2D eigenvalue weighted by Gasteiger charge is 2.11. The van der Waals surface area contributed by atoms with Crippen LogP contribution in [0.5, 0.6) is 0 Å². The molecule has 1 aromatic heterocycles. The van der Waals surface area contributed by atoms with Crippen LogP contribution in [-0.4, -0.2) is 18.5 Å². The number of benzene rings is 1. The highest BCUT2D eigenvalue weighted by Crippen LogP contribution is 2.20. The molecule has 0 saturated carbocycles. The number of nitriles is 1. The highest BCUT2D eigenvalue weighted by molar-refractivity contribution is 6.32. The van der Waals surface area contributed by atoms with E-state index in [1.165, 1.54) is 36.8 Å². The number of carbonyl (C=O) groups excluding carboxylic acids is 2. The van der Waals surface area contributed by atoms with E-state index in [1.54, 1.807) is 0 Å². The Morgan fingerprint density at radius 2 is 2.19 bits per heavy atom. The molecule has 2 aromatic rings. The van der Waals surface area contributed by atoms with Gasteiger partial charge in [-0.3, -0.25) is 4.79 Å². The molecule has 1 N–H and O–H groups in total. The van der Waals surface area contributed by atoms with E-state index in [-0.39, 0.29) is 10.6 Å². The maximum atomic E-state index is 11.6. The Kier molecular flexibility index (Phi) is 4.59. The van der Waals surface area contributed by atoms with Crippen molar-refractivity contribution in [2.24, 2.45) is 0 Å². The Labute approximate surface area is 124 Å². The molecule has 0 unspecified atom stereocenters. The second-order valence-corrected chi connectivity index (χ2v) is 4.35. The molecule has 0 saturated heterocycles. The Hall–Kier alpha value is -2.78. The average Bonchev–Trinajstić information content (AvgIpc) is 2.99. The van der Waals surface area contributed by atoms with Gasteiger partial charge >= 0.3 is 5.97 Å². The summed E-state index contributed by atoms with van der Waals surface area (Å²) in [5, 5.41) is 11.5. The summed E-state index contributed by atoms with van der Waals surface area (Å²) < 4.78 is 9.53. The lowest BCUT2D eigenvalue weighted by Crippen LogP contribution is -2.20. The van der Waals surface area contributed by atoms with Crippen LogP contribution >= 0.6 is 11.6 Å². The normalized spacial score (nSPS) is 9.71. The molecule has 1 amide bonds. The molecule has 0 bridgehead atoms. The van der Waals surface area contributed by atoms with E-state index < -0.39 is 18.5 Å². The SMILES string of the molecule is N#Cc1ccc(NC(=O)COC(=O)c2ccoc2)cc1Cl. The van der Waals surface area contributed by atoms with Gasteiger partial charge < -0.3 is 14.5 Å². The maximum Gasteiger partial charge on any atom is 0.341 e. The van der Waals surface area contributed by atoms with Crippen LogP contribution in [0.2, 0.25) is 5.02 Å². The third-order valence-corrected chi connectivity index (χ3v) is 2.78. The van der Waals surface area contributed by atoms with Gasteiger partial charge in [0.25, 0.3) is 5.91 Å². The van der Waals surface area contributed by atoms with Gasteiger partial charge in [-0.15, -0.1) is 0 Å². The number of nitrogens with one attached hydrogen (secondary N) is 1. The molecule has 0 aliphatic rings. The van der Waals surface area contributed by atoms with Crippen LogP contribution in [0.4, 0.5) is 5.69 Å². The smallest absolute Gasteiger partial charge is 0.341 e. The lowest BCUT2D eigenvalue weighted by Gasteiger charge is -2.06. The first-order valence-electron chi connectivity index (χ1n) is 5.79. The van der Waals surface area contributed by atoms with Gasteiger partial charge in [0.1, 0.15) is 12.3 Å². The van der Waals surface area contributed by atoms with Crippen molar-refractivity contribution in [3.05, 3.63) is 52.9 Å². The fourth-order valence-corrected chi connectivity index (χ4v) is 1.70. The summed E-state index contributed by atoms with van der Waals surface area (Å²) >= 11 is 5.84. The van der Waals surface area contributed by atoms with Crippen molar-refractivity contribution in [1.29, 1.82) is 5.26 Å². The predicted molar refractivity (Wildman–Crippen MR) is 73.8 cm³/mol. The first-order valence-corrected chi connectivity index (χ1v) is 6.17. The van der Waals surface area contributed by atoms with Crippen molar-refractivity contribution in [2.45, 2.75) is 0 Å². The van der Waals surface area contributed by atoms with Gasteiger partial charge in [-0.25, -0.2) is 4.79 Å². The molecular weight excluding hydrogens is 296 g/mol. The van der Waals surface area contributed by atoms with Crippen molar-refractivity contribution in [1.82, 2.24) is 0 Å². The summed E-state index contributed by atoms with van der Waals surface area (Å²) in [6.07, 6.45) is 2.55. The van der Waals surface area contributed by atoms with Crippen LogP contribution in [0.15, 0.2) is 41.2 Å². The molecule has 0 aliphatic heterocycles. The van der Waals surface area contributed by atoms with Crippen LogP contribution in [0.25, 0.3) is 0 Å². The van der Waals surface area contributed by atoms with Crippen molar-refractivity contribution in [3.63, 3.8) is 0 Å². The second-order valence-electron chi connectivity index (χ2n) is 3.94. The molecule has 0 aliphatic carbocycles. The Balaban J connectivity index is 1.89. The highest BCUT2D eigenvalue weighted by atomic mass is 35.5. The van der Waals surface area contributed by atoms with E-state index in [4.69, 9.17) is 26.0 Å². The lowest BCUT2D eigenvalue weighted by atomic mass is 10.2. The molecule has 0 radical (unpaired) electrons. The summed E-state index contributed by atoms with van der Waals surface area (Å²) in [6.45, 7) is -0.443. The molecule has 0 atom stereocenters. The number of nitrogens with zero attached hydrogens (tertiary/aromatic N) is 1. The first kappa shape index (κ1) is 14.6. The quantitative estimate of drug-likeness (QED) is 0.876. The number of esters is 1. The fourth-order valence-electron chi connectivity index (χ4n) is 1.48. The molecule has 0 spiro atoms. The number of ether oxygens (including phenoxy) is 1. The summed E-state index contributed by atoms with van der Waals surface area (Å²) in [4.78, 5) is 23.1. The topological polar surface area (TPSA) is 92.3 Å². The van der Waals surface area contributed by atoms with Gasteiger partial charge in [0, 0.05) is 5.69 Å². The molecule has 1 aromatic carbocycles. The predicted octanol–water partition coefficient (Wildman–Crippen LogP) is 2.60. The maximum absolute atomic E-state index is 11.6. The largest absolute Gasteiger partial charge is 0.472 e. The van der Waals surface area contributed by atoms with Crippen molar-refractivity contribution in [3.8, 4) is 6.07 Å². The minimum absolute atomic E-state index is 0.226. The minimum Gasteiger partial charge on any atom is -0.472 e. The zero-order valence-corrected chi connectivity index (χ0v) is 11.4. The molecule has 21 heavy (non-hydrogen) atoms. The number of hydrogen-bond acceptors (Lipinski definition) is 5. The van der Waals surface area contributed by atoms with Crippen LogP contribution < -0.4 is 5.32 Å². The number of furan rings is 1. The number of amides is 1. The molecule has 7 heteroatoms. The molecule has 106 valence electrons. The van der Waals surface area contributed by atoms with Crippen LogP contribution in [0.3, 0.4) is 0 Å². The van der Waals surface area contributed by atoms with Crippen molar-refractivity contribution < 1.29 is 18.7 Å². The minimum atomic E-state index is -0.656. The number of halogens is 1. The number of carbonyl (C=O) groups is 2. The van der Waals surface area contributed by atoms with Crippen LogP contribution in [0.1, 0.15) is 15.9 Å². The van der Waals surface area contributed by atoms with E-state index >= 15 is 0 Å². The Morgan fingerprint density at radius 3 is 2.81 bits per heavy atom. The van der Waals surface area contributed by atoms with Gasteiger partial charge in [0.15, 0.2) is 6.61 Å². The Morgan fingerprint density at radius 1 is 1.38 bits per heavy atom. The van der Waals surface area contributed by atoms with Crippen LogP contribution in [-0.2, 0) is 9.53 Å². The third-order valence-electron chi connectivity index (χ3n) is 2.46. The van der Waals surface area contributed by atoms with Gasteiger partial charge in [0.05, 0.1) is 22.4 Å². The molecule has 2 rings (SSSR count).